The monoisotopic (exact) mass is 229 g/mol. The minimum absolute atomic E-state index is 0.131. The fourth-order valence-electron chi connectivity index (χ4n) is 2.21. The average Bonchev–Trinajstić information content (AvgIpc) is 2.72. The number of rotatable bonds is 1. The van der Waals surface area contributed by atoms with Gasteiger partial charge in [0, 0.05) is 23.4 Å². The van der Waals surface area contributed by atoms with Crippen LogP contribution in [0.2, 0.25) is 0 Å². The molecule has 0 radical (unpaired) electrons. The summed E-state index contributed by atoms with van der Waals surface area (Å²) in [7, 11) is 0. The Morgan fingerprint density at radius 1 is 1.24 bits per heavy atom. The number of nitrogens with one attached hydrogen (secondary N) is 1. The van der Waals surface area contributed by atoms with E-state index in [-0.39, 0.29) is 12.3 Å². The molecule has 1 heterocycles. The maximum absolute atomic E-state index is 5.85. The maximum Gasteiger partial charge on any atom is 0.176 e. The van der Waals surface area contributed by atoms with Gasteiger partial charge in [-0.1, -0.05) is 12.1 Å². The van der Waals surface area contributed by atoms with Crippen molar-refractivity contribution in [1.29, 1.82) is 0 Å². The van der Waals surface area contributed by atoms with Crippen molar-refractivity contribution in [2.45, 2.75) is 18.7 Å². The zero-order chi connectivity index (χ0) is 11.8. The van der Waals surface area contributed by atoms with Crippen molar-refractivity contribution in [2.24, 2.45) is 5.73 Å². The molecular weight excluding hydrogens is 214 g/mol. The topological polar surface area (TPSA) is 73.3 Å². The highest BCUT2D eigenvalue weighted by Gasteiger charge is 2.32. The van der Waals surface area contributed by atoms with Crippen molar-refractivity contribution in [3.8, 4) is 0 Å². The van der Waals surface area contributed by atoms with E-state index in [0.29, 0.717) is 0 Å². The number of hydrogen-bond acceptors (Lipinski definition) is 4. The second-order valence-corrected chi connectivity index (χ2v) is 4.40. The molecule has 2 atom stereocenters. The minimum atomic E-state index is -0.131. The first-order valence-corrected chi connectivity index (χ1v) is 5.67. The van der Waals surface area contributed by atoms with Gasteiger partial charge in [-0.05, 0) is 24.3 Å². The van der Waals surface area contributed by atoms with E-state index in [1.165, 1.54) is 0 Å². The summed E-state index contributed by atoms with van der Waals surface area (Å²) in [5.74, 6) is 0.951. The van der Waals surface area contributed by atoms with Crippen molar-refractivity contribution in [3.05, 3.63) is 53.4 Å². The summed E-state index contributed by atoms with van der Waals surface area (Å²) in [5.41, 5.74) is 14.2. The van der Waals surface area contributed by atoms with Gasteiger partial charge in [0.1, 0.15) is 5.76 Å². The standard InChI is InChI=1S/C13H15N3O/c14-9-3-1-2-8(6-9)13-16-11-7-10(15)4-5-12(11)17-13/h1-6,11,13,16H,7,14-15H2. The molecule has 0 spiro atoms. The molecule has 3 rings (SSSR count). The smallest absolute Gasteiger partial charge is 0.176 e. The average molecular weight is 229 g/mol. The molecule has 0 aromatic heterocycles. The van der Waals surface area contributed by atoms with E-state index in [1.807, 2.05) is 36.4 Å². The Morgan fingerprint density at radius 3 is 2.94 bits per heavy atom. The normalized spacial score (nSPS) is 26.8. The van der Waals surface area contributed by atoms with E-state index in [1.54, 1.807) is 0 Å². The van der Waals surface area contributed by atoms with Crippen LogP contribution in [0, 0.1) is 0 Å². The van der Waals surface area contributed by atoms with Crippen LogP contribution in [-0.2, 0) is 4.74 Å². The maximum atomic E-state index is 5.85. The van der Waals surface area contributed by atoms with Crippen LogP contribution in [0.15, 0.2) is 47.9 Å². The number of benzene rings is 1. The Morgan fingerprint density at radius 2 is 2.12 bits per heavy atom. The van der Waals surface area contributed by atoms with Crippen LogP contribution in [0.3, 0.4) is 0 Å². The van der Waals surface area contributed by atoms with Gasteiger partial charge < -0.3 is 16.2 Å². The largest absolute Gasteiger partial charge is 0.474 e. The van der Waals surface area contributed by atoms with Gasteiger partial charge in [-0.15, -0.1) is 0 Å². The molecular formula is C13H15N3O. The van der Waals surface area contributed by atoms with E-state index in [4.69, 9.17) is 16.2 Å². The number of anilines is 1. The summed E-state index contributed by atoms with van der Waals surface area (Å²) in [6.45, 7) is 0. The molecule has 88 valence electrons. The lowest BCUT2D eigenvalue weighted by atomic mass is 10.1. The first-order chi connectivity index (χ1) is 8.22. The summed E-state index contributed by atoms with van der Waals surface area (Å²) in [6.07, 6.45) is 4.50. The number of ether oxygens (including phenoxy) is 1. The summed E-state index contributed by atoms with van der Waals surface area (Å²) in [4.78, 5) is 0. The lowest BCUT2D eigenvalue weighted by Crippen LogP contribution is -2.28. The molecule has 17 heavy (non-hydrogen) atoms. The molecule has 4 nitrogen and oxygen atoms in total. The molecule has 2 unspecified atom stereocenters. The molecule has 5 N–H and O–H groups in total. The lowest BCUT2D eigenvalue weighted by Gasteiger charge is -2.13. The number of nitrogen functional groups attached to an aromatic ring is 1. The van der Waals surface area contributed by atoms with Crippen molar-refractivity contribution in [2.75, 3.05) is 5.73 Å². The van der Waals surface area contributed by atoms with E-state index < -0.39 is 0 Å². The van der Waals surface area contributed by atoms with Gasteiger partial charge in [-0.2, -0.15) is 0 Å². The van der Waals surface area contributed by atoms with Crippen LogP contribution in [-0.4, -0.2) is 6.04 Å². The molecule has 4 heteroatoms. The van der Waals surface area contributed by atoms with Crippen LogP contribution in [0.25, 0.3) is 0 Å². The lowest BCUT2D eigenvalue weighted by molar-refractivity contribution is 0.148. The molecule has 0 saturated carbocycles. The van der Waals surface area contributed by atoms with Gasteiger partial charge in [0.15, 0.2) is 6.23 Å². The van der Waals surface area contributed by atoms with Gasteiger partial charge in [-0.3, -0.25) is 5.32 Å². The Balaban J connectivity index is 1.82. The second kappa shape index (κ2) is 3.82. The van der Waals surface area contributed by atoms with Crippen LogP contribution < -0.4 is 16.8 Å². The van der Waals surface area contributed by atoms with Crippen LogP contribution in [0.4, 0.5) is 5.69 Å². The van der Waals surface area contributed by atoms with Gasteiger partial charge in [-0.25, -0.2) is 0 Å². The second-order valence-electron chi connectivity index (χ2n) is 4.40. The Bertz CT molecular complexity index is 507. The summed E-state index contributed by atoms with van der Waals surface area (Å²) >= 11 is 0. The highest BCUT2D eigenvalue weighted by molar-refractivity contribution is 5.42. The SMILES string of the molecule is NC1=CC=C2OC(c3cccc(N)c3)NC2C1. The van der Waals surface area contributed by atoms with E-state index in [2.05, 4.69) is 5.32 Å². The first kappa shape index (κ1) is 10.2. The molecule has 0 amide bonds. The number of fused-ring (bicyclic) bond motifs is 1. The summed E-state index contributed by atoms with van der Waals surface area (Å²) < 4.78 is 5.85. The molecule has 1 aromatic rings. The third-order valence-electron chi connectivity index (χ3n) is 3.06. The van der Waals surface area contributed by atoms with Crippen LogP contribution in [0.5, 0.6) is 0 Å². The third-order valence-corrected chi connectivity index (χ3v) is 3.06. The summed E-state index contributed by atoms with van der Waals surface area (Å²) in [6, 6.07) is 7.91. The van der Waals surface area contributed by atoms with Crippen molar-refractivity contribution in [3.63, 3.8) is 0 Å². The van der Waals surface area contributed by atoms with E-state index in [0.717, 1.165) is 29.1 Å². The van der Waals surface area contributed by atoms with Crippen molar-refractivity contribution >= 4 is 5.69 Å². The van der Waals surface area contributed by atoms with Crippen LogP contribution >= 0.6 is 0 Å². The minimum Gasteiger partial charge on any atom is -0.474 e. The van der Waals surface area contributed by atoms with Gasteiger partial charge >= 0.3 is 0 Å². The molecule has 0 bridgehead atoms. The number of nitrogens with two attached hydrogens (primary N) is 2. The van der Waals surface area contributed by atoms with Gasteiger partial charge in [0.05, 0.1) is 6.04 Å². The van der Waals surface area contributed by atoms with Gasteiger partial charge in [0.25, 0.3) is 0 Å². The molecule has 1 fully saturated rings. The Hall–Kier alpha value is -1.94. The highest BCUT2D eigenvalue weighted by atomic mass is 16.5. The van der Waals surface area contributed by atoms with Gasteiger partial charge in [0.2, 0.25) is 0 Å². The molecule has 1 aliphatic heterocycles. The zero-order valence-electron chi connectivity index (χ0n) is 9.39. The number of allylic oxidation sites excluding steroid dienone is 2. The van der Waals surface area contributed by atoms with Crippen molar-refractivity contribution in [1.82, 2.24) is 5.32 Å². The first-order valence-electron chi connectivity index (χ1n) is 5.67. The quantitative estimate of drug-likeness (QED) is 0.636. The Labute approximate surface area is 99.9 Å². The van der Waals surface area contributed by atoms with Crippen molar-refractivity contribution < 1.29 is 4.74 Å². The predicted octanol–water partition coefficient (Wildman–Crippen LogP) is 1.39. The highest BCUT2D eigenvalue weighted by Crippen LogP contribution is 2.32. The van der Waals surface area contributed by atoms with E-state index in [9.17, 15) is 0 Å². The third kappa shape index (κ3) is 1.87. The number of hydrogen-bond donors (Lipinski definition) is 3. The fraction of sp³-hybridized carbons (Fsp3) is 0.231. The zero-order valence-corrected chi connectivity index (χ0v) is 9.39. The Kier molecular flexibility index (Phi) is 2.30. The van der Waals surface area contributed by atoms with Crippen LogP contribution in [0.1, 0.15) is 18.2 Å². The predicted molar refractivity (Wildman–Crippen MR) is 66.6 cm³/mol. The molecule has 1 saturated heterocycles. The summed E-state index contributed by atoms with van der Waals surface area (Å²) in [5, 5.41) is 3.40. The fourth-order valence-corrected chi connectivity index (χ4v) is 2.21. The molecule has 1 aliphatic carbocycles. The molecule has 2 aliphatic rings. The molecule has 1 aromatic carbocycles. The van der Waals surface area contributed by atoms with E-state index >= 15 is 0 Å².